The average Bonchev–Trinajstić information content (AvgIpc) is 3.61. The highest BCUT2D eigenvalue weighted by Crippen LogP contribution is 2.50. The third kappa shape index (κ3) is 4.15. The van der Waals surface area contributed by atoms with Gasteiger partial charge in [-0.1, -0.05) is 30.3 Å². The number of aliphatic carboxylic acids is 1. The molecule has 5 rings (SSSR count). The fraction of sp³-hybridized carbons (Fsp3) is 0.407. The first kappa shape index (κ1) is 23.1. The Bertz CT molecular complexity index is 1180. The van der Waals surface area contributed by atoms with Crippen molar-refractivity contribution in [2.75, 3.05) is 0 Å². The van der Waals surface area contributed by atoms with Crippen LogP contribution in [0.1, 0.15) is 55.6 Å². The second kappa shape index (κ2) is 8.84. The Kier molecular flexibility index (Phi) is 6.00. The number of ether oxygens (including phenoxy) is 1. The van der Waals surface area contributed by atoms with Crippen LogP contribution in [0.25, 0.3) is 0 Å². The molecular weight excluding hydrogens is 499 g/mol. The minimum atomic E-state index is -1.09. The smallest absolute Gasteiger partial charge is 0.314 e. The molecule has 2 aliphatic carbocycles. The Morgan fingerprint density at radius 2 is 1.76 bits per heavy atom. The number of imidazole rings is 1. The number of hydrogen-bond acceptors (Lipinski definition) is 3. The van der Waals surface area contributed by atoms with E-state index in [1.54, 1.807) is 12.1 Å². The monoisotopic (exact) mass is 526 g/mol. The van der Waals surface area contributed by atoms with Crippen molar-refractivity contribution in [3.05, 3.63) is 82.1 Å². The predicted octanol–water partition coefficient (Wildman–Crippen LogP) is 6.37. The van der Waals surface area contributed by atoms with Crippen molar-refractivity contribution in [3.63, 3.8) is 0 Å². The standard InChI is InChI=1S/C27H28BrFN2O3/c1-18-23(28)30-24(31(18)17-19-7-8-19)27(34-22-5-3-2-4-6-22)15-13-26(14-16-27,25(32)33)20-9-11-21(29)12-10-20/h2-6,9-12,19H,7-8,13-17H2,1H3,(H,32,33)/t26-,27+. The Balaban J connectivity index is 1.56. The molecule has 3 aromatic rings. The van der Waals surface area contributed by atoms with E-state index in [1.807, 2.05) is 30.3 Å². The summed E-state index contributed by atoms with van der Waals surface area (Å²) in [5, 5.41) is 10.3. The second-order valence-electron chi connectivity index (χ2n) is 9.67. The molecule has 2 fully saturated rings. The molecule has 0 radical (unpaired) electrons. The molecular formula is C27H28BrFN2O3. The first-order chi connectivity index (χ1) is 16.3. The summed E-state index contributed by atoms with van der Waals surface area (Å²) < 4.78 is 23.3. The van der Waals surface area contributed by atoms with Gasteiger partial charge in [0.25, 0.3) is 0 Å². The fourth-order valence-electron chi connectivity index (χ4n) is 5.20. The number of carboxylic acids is 1. The zero-order valence-corrected chi connectivity index (χ0v) is 20.7. The number of hydrogen-bond donors (Lipinski definition) is 1. The highest BCUT2D eigenvalue weighted by molar-refractivity contribution is 9.10. The van der Waals surface area contributed by atoms with E-state index in [2.05, 4.69) is 27.4 Å². The van der Waals surface area contributed by atoms with Gasteiger partial charge >= 0.3 is 5.97 Å². The van der Waals surface area contributed by atoms with E-state index in [9.17, 15) is 14.3 Å². The van der Waals surface area contributed by atoms with Crippen LogP contribution in [0.4, 0.5) is 4.39 Å². The number of para-hydroxylation sites is 1. The maximum Gasteiger partial charge on any atom is 0.314 e. The lowest BCUT2D eigenvalue weighted by Gasteiger charge is -2.44. The van der Waals surface area contributed by atoms with Crippen LogP contribution in [0.3, 0.4) is 0 Å². The van der Waals surface area contributed by atoms with Crippen LogP contribution >= 0.6 is 15.9 Å². The van der Waals surface area contributed by atoms with Crippen LogP contribution in [0, 0.1) is 18.7 Å². The zero-order chi connectivity index (χ0) is 23.9. The van der Waals surface area contributed by atoms with Crippen molar-refractivity contribution < 1.29 is 19.0 Å². The van der Waals surface area contributed by atoms with Crippen molar-refractivity contribution in [2.24, 2.45) is 5.92 Å². The topological polar surface area (TPSA) is 64.3 Å². The first-order valence-corrected chi connectivity index (χ1v) is 12.6. The molecule has 0 saturated heterocycles. The van der Waals surface area contributed by atoms with E-state index in [1.165, 1.54) is 25.0 Å². The van der Waals surface area contributed by atoms with Crippen LogP contribution in [0.15, 0.2) is 59.2 Å². The highest BCUT2D eigenvalue weighted by atomic mass is 79.9. The van der Waals surface area contributed by atoms with Crippen LogP contribution in [-0.2, 0) is 22.4 Å². The molecule has 0 unspecified atom stereocenters. The lowest BCUT2D eigenvalue weighted by molar-refractivity contribution is -0.147. The summed E-state index contributed by atoms with van der Waals surface area (Å²) in [4.78, 5) is 17.5. The molecule has 7 heteroatoms. The molecule has 0 aliphatic heterocycles. The molecule has 0 bridgehead atoms. The molecule has 0 spiro atoms. The molecule has 5 nitrogen and oxygen atoms in total. The molecule has 1 N–H and O–H groups in total. The van der Waals surface area contributed by atoms with Gasteiger partial charge in [0.2, 0.25) is 0 Å². The van der Waals surface area contributed by atoms with Crippen molar-refractivity contribution in [2.45, 2.75) is 63.0 Å². The molecule has 178 valence electrons. The maximum atomic E-state index is 13.6. The molecule has 1 heterocycles. The summed E-state index contributed by atoms with van der Waals surface area (Å²) in [5.41, 5.74) is -0.149. The zero-order valence-electron chi connectivity index (χ0n) is 19.1. The molecule has 2 aromatic carbocycles. The van der Waals surface area contributed by atoms with Gasteiger partial charge in [0.1, 0.15) is 16.2 Å². The van der Waals surface area contributed by atoms with Gasteiger partial charge in [0, 0.05) is 12.2 Å². The summed E-state index contributed by atoms with van der Waals surface area (Å²) >= 11 is 3.63. The lowest BCUT2D eigenvalue weighted by Crippen LogP contribution is -2.48. The number of nitrogens with zero attached hydrogens (tertiary/aromatic N) is 2. The molecule has 1 aromatic heterocycles. The van der Waals surface area contributed by atoms with Gasteiger partial charge in [-0.05, 0) is 97.1 Å². The number of carboxylic acid groups (broad SMARTS) is 1. The van der Waals surface area contributed by atoms with Crippen molar-refractivity contribution >= 4 is 21.9 Å². The van der Waals surface area contributed by atoms with Crippen LogP contribution < -0.4 is 4.74 Å². The van der Waals surface area contributed by atoms with Gasteiger partial charge in [-0.3, -0.25) is 4.79 Å². The largest absolute Gasteiger partial charge is 0.481 e. The Labute approximate surface area is 207 Å². The summed E-state index contributed by atoms with van der Waals surface area (Å²) in [6.07, 6.45) is 4.14. The number of benzene rings is 2. The van der Waals surface area contributed by atoms with Gasteiger partial charge in [-0.15, -0.1) is 0 Å². The van der Waals surface area contributed by atoms with Gasteiger partial charge in [-0.25, -0.2) is 9.37 Å². The number of aromatic nitrogens is 2. The quantitative estimate of drug-likeness (QED) is 0.388. The summed E-state index contributed by atoms with van der Waals surface area (Å²) in [6, 6.07) is 15.5. The van der Waals surface area contributed by atoms with Gasteiger partial charge < -0.3 is 14.4 Å². The van der Waals surface area contributed by atoms with Crippen molar-refractivity contribution in [1.82, 2.24) is 9.55 Å². The molecule has 34 heavy (non-hydrogen) atoms. The summed E-state index contributed by atoms with van der Waals surface area (Å²) in [6.45, 7) is 2.95. The molecule has 2 aliphatic rings. The van der Waals surface area contributed by atoms with E-state index in [-0.39, 0.29) is 5.82 Å². The Morgan fingerprint density at radius 3 is 2.35 bits per heavy atom. The third-order valence-electron chi connectivity index (χ3n) is 7.48. The minimum Gasteiger partial charge on any atom is -0.481 e. The lowest BCUT2D eigenvalue weighted by atomic mass is 9.64. The van der Waals surface area contributed by atoms with Gasteiger partial charge in [-0.2, -0.15) is 0 Å². The van der Waals surface area contributed by atoms with E-state index >= 15 is 0 Å². The van der Waals surface area contributed by atoms with Gasteiger partial charge in [0.15, 0.2) is 11.4 Å². The average molecular weight is 527 g/mol. The van der Waals surface area contributed by atoms with Crippen molar-refractivity contribution in [3.8, 4) is 5.75 Å². The molecule has 0 amide bonds. The Hall–Kier alpha value is -2.67. The minimum absolute atomic E-state index is 0.369. The highest BCUT2D eigenvalue weighted by Gasteiger charge is 2.52. The first-order valence-electron chi connectivity index (χ1n) is 11.8. The van der Waals surface area contributed by atoms with Crippen LogP contribution in [0.5, 0.6) is 5.75 Å². The summed E-state index contributed by atoms with van der Waals surface area (Å²) in [7, 11) is 0. The molecule has 2 saturated carbocycles. The van der Waals surface area contributed by atoms with E-state index in [0.717, 1.165) is 28.4 Å². The SMILES string of the molecule is Cc1c(Br)nc([C@]2(Oc3ccccc3)CC[C@](C(=O)O)(c3ccc(F)cc3)CC2)n1CC1CC1. The van der Waals surface area contributed by atoms with E-state index < -0.39 is 17.0 Å². The second-order valence-corrected chi connectivity index (χ2v) is 10.4. The Morgan fingerprint density at radius 1 is 1.12 bits per heavy atom. The number of carbonyl (C=O) groups is 1. The fourth-order valence-corrected chi connectivity index (χ4v) is 5.58. The molecule has 0 atom stereocenters. The van der Waals surface area contributed by atoms with E-state index in [4.69, 9.17) is 9.72 Å². The van der Waals surface area contributed by atoms with E-state index in [0.29, 0.717) is 37.2 Å². The predicted molar refractivity (Wildman–Crippen MR) is 130 cm³/mol. The number of halogens is 2. The van der Waals surface area contributed by atoms with Crippen LogP contribution in [-0.4, -0.2) is 20.6 Å². The third-order valence-corrected chi connectivity index (χ3v) is 8.23. The maximum absolute atomic E-state index is 13.6. The summed E-state index contributed by atoms with van der Waals surface area (Å²) in [5.74, 6) is 0.983. The van der Waals surface area contributed by atoms with Crippen molar-refractivity contribution in [1.29, 1.82) is 0 Å². The normalized spacial score (nSPS) is 24.7. The number of rotatable bonds is 7. The van der Waals surface area contributed by atoms with Crippen LogP contribution in [0.2, 0.25) is 0 Å². The van der Waals surface area contributed by atoms with Gasteiger partial charge in [0.05, 0.1) is 5.41 Å².